The normalized spacial score (nSPS) is 13.5. The summed E-state index contributed by atoms with van der Waals surface area (Å²) in [7, 11) is 1.24. The lowest BCUT2D eigenvalue weighted by Crippen LogP contribution is -2.52. The molecule has 0 unspecified atom stereocenters. The fourth-order valence-corrected chi connectivity index (χ4v) is 2.73. The van der Waals surface area contributed by atoms with Crippen LogP contribution in [0.15, 0.2) is 30.5 Å². The molecule has 28 heavy (non-hydrogen) atoms. The van der Waals surface area contributed by atoms with Gasteiger partial charge >= 0.3 is 12.1 Å². The number of alkyl carbamates (subject to hydrolysis) is 1. The van der Waals surface area contributed by atoms with Crippen LogP contribution in [0.4, 0.5) is 4.79 Å². The Kier molecular flexibility index (Phi) is 6.66. The van der Waals surface area contributed by atoms with Gasteiger partial charge in [-0.25, -0.2) is 9.59 Å². The molecular formula is C20H27N3O5. The average Bonchev–Trinajstić information content (AvgIpc) is 3.01. The van der Waals surface area contributed by atoms with Crippen LogP contribution in [0.1, 0.15) is 33.3 Å². The van der Waals surface area contributed by atoms with Crippen molar-refractivity contribution in [1.82, 2.24) is 15.6 Å². The van der Waals surface area contributed by atoms with Gasteiger partial charge in [-0.2, -0.15) is 0 Å². The molecule has 0 saturated heterocycles. The lowest BCUT2D eigenvalue weighted by molar-refractivity contribution is -0.144. The molecule has 2 atom stereocenters. The molecule has 0 radical (unpaired) electrons. The maximum absolute atomic E-state index is 12.7. The Labute approximate surface area is 164 Å². The van der Waals surface area contributed by atoms with Gasteiger partial charge in [-0.05, 0) is 39.3 Å². The lowest BCUT2D eigenvalue weighted by atomic mass is 10.0. The lowest BCUT2D eigenvalue weighted by Gasteiger charge is -2.24. The third kappa shape index (κ3) is 5.73. The van der Waals surface area contributed by atoms with E-state index in [0.29, 0.717) is 0 Å². The summed E-state index contributed by atoms with van der Waals surface area (Å²) in [5.41, 5.74) is 1.08. The van der Waals surface area contributed by atoms with Gasteiger partial charge in [0.2, 0.25) is 5.91 Å². The van der Waals surface area contributed by atoms with Gasteiger partial charge in [-0.3, -0.25) is 4.79 Å². The van der Waals surface area contributed by atoms with Gasteiger partial charge < -0.3 is 25.1 Å². The summed E-state index contributed by atoms with van der Waals surface area (Å²) >= 11 is 0. The first-order chi connectivity index (χ1) is 13.1. The number of nitrogens with one attached hydrogen (secondary N) is 3. The van der Waals surface area contributed by atoms with E-state index in [-0.39, 0.29) is 6.42 Å². The summed E-state index contributed by atoms with van der Waals surface area (Å²) in [6.45, 7) is 6.72. The van der Waals surface area contributed by atoms with Crippen LogP contribution in [-0.2, 0) is 25.5 Å². The van der Waals surface area contributed by atoms with Gasteiger partial charge in [-0.15, -0.1) is 0 Å². The van der Waals surface area contributed by atoms with Gasteiger partial charge in [0.25, 0.3) is 0 Å². The topological polar surface area (TPSA) is 110 Å². The molecule has 8 heteroatoms. The zero-order valence-corrected chi connectivity index (χ0v) is 16.8. The van der Waals surface area contributed by atoms with Crippen LogP contribution >= 0.6 is 0 Å². The number of ether oxygens (including phenoxy) is 2. The minimum atomic E-state index is -0.929. The highest BCUT2D eigenvalue weighted by Gasteiger charge is 2.28. The minimum Gasteiger partial charge on any atom is -0.467 e. The molecule has 0 aliphatic heterocycles. The molecule has 1 heterocycles. The molecule has 2 amide bonds. The highest BCUT2D eigenvalue weighted by Crippen LogP contribution is 2.19. The molecule has 0 aliphatic carbocycles. The smallest absolute Gasteiger partial charge is 0.408 e. The number of carbonyl (C=O) groups is 3. The summed E-state index contributed by atoms with van der Waals surface area (Å²) < 4.78 is 9.90. The predicted molar refractivity (Wildman–Crippen MR) is 105 cm³/mol. The van der Waals surface area contributed by atoms with Gasteiger partial charge in [0.05, 0.1) is 7.11 Å². The molecule has 152 valence electrons. The molecule has 0 saturated carbocycles. The number of H-pyrrole nitrogens is 1. The van der Waals surface area contributed by atoms with Gasteiger partial charge in [0.15, 0.2) is 0 Å². The fraction of sp³-hybridized carbons (Fsp3) is 0.450. The fourth-order valence-electron chi connectivity index (χ4n) is 2.73. The van der Waals surface area contributed by atoms with E-state index in [2.05, 4.69) is 20.4 Å². The van der Waals surface area contributed by atoms with Crippen LogP contribution in [0.2, 0.25) is 0 Å². The van der Waals surface area contributed by atoms with E-state index in [9.17, 15) is 14.4 Å². The third-order valence-electron chi connectivity index (χ3n) is 4.02. The van der Waals surface area contributed by atoms with Gasteiger partial charge in [-0.1, -0.05) is 18.2 Å². The molecule has 0 spiro atoms. The Morgan fingerprint density at radius 3 is 2.46 bits per heavy atom. The van der Waals surface area contributed by atoms with Crippen molar-refractivity contribution in [2.24, 2.45) is 0 Å². The molecule has 1 aromatic heterocycles. The van der Waals surface area contributed by atoms with Crippen molar-refractivity contribution in [2.45, 2.75) is 51.8 Å². The summed E-state index contributed by atoms with van der Waals surface area (Å²) in [5.74, 6) is -1.08. The average molecular weight is 389 g/mol. The number of fused-ring (bicyclic) bond motifs is 1. The van der Waals surface area contributed by atoms with Gasteiger partial charge in [0, 0.05) is 23.5 Å². The number of rotatable bonds is 6. The van der Waals surface area contributed by atoms with Crippen molar-refractivity contribution in [3.05, 3.63) is 36.0 Å². The predicted octanol–water partition coefficient (Wildman–Crippen LogP) is 2.28. The van der Waals surface area contributed by atoms with Crippen molar-refractivity contribution in [3.63, 3.8) is 0 Å². The molecular weight excluding hydrogens is 362 g/mol. The monoisotopic (exact) mass is 389 g/mol. The highest BCUT2D eigenvalue weighted by atomic mass is 16.6. The number of amides is 2. The second kappa shape index (κ2) is 8.77. The molecule has 8 nitrogen and oxygen atoms in total. The van der Waals surface area contributed by atoms with Crippen LogP contribution in [0.25, 0.3) is 10.9 Å². The molecule has 2 rings (SSSR count). The number of aromatic nitrogens is 1. The van der Waals surface area contributed by atoms with Crippen molar-refractivity contribution >= 4 is 28.9 Å². The van der Waals surface area contributed by atoms with Crippen molar-refractivity contribution in [2.75, 3.05) is 7.11 Å². The summed E-state index contributed by atoms with van der Waals surface area (Å²) in [5, 5.41) is 6.12. The second-order valence-electron chi connectivity index (χ2n) is 7.52. The van der Waals surface area contributed by atoms with E-state index < -0.39 is 35.7 Å². The number of methoxy groups -OCH3 is 1. The van der Waals surface area contributed by atoms with Crippen LogP contribution < -0.4 is 10.6 Å². The molecule has 0 aliphatic rings. The standard InChI is InChI=1S/C20H27N3O5/c1-12(18(25)27-5)22-17(24)16(23-19(26)28-20(2,3)4)10-13-11-21-15-9-7-6-8-14(13)15/h6-9,11-12,16,21H,10H2,1-5H3,(H,22,24)(H,23,26)/t12-,16+/m0/s1. The number of carbonyl (C=O) groups excluding carboxylic acids is 3. The number of esters is 1. The SMILES string of the molecule is COC(=O)[C@H](C)NC(=O)[C@@H](Cc1c[nH]c2ccccc12)NC(=O)OC(C)(C)C. The zero-order valence-electron chi connectivity index (χ0n) is 16.8. The first-order valence-electron chi connectivity index (χ1n) is 9.03. The van der Waals surface area contributed by atoms with E-state index in [1.165, 1.54) is 14.0 Å². The van der Waals surface area contributed by atoms with Crippen LogP contribution in [0.5, 0.6) is 0 Å². The second-order valence-corrected chi connectivity index (χ2v) is 7.52. The van der Waals surface area contributed by atoms with Crippen LogP contribution in [-0.4, -0.2) is 47.7 Å². The summed E-state index contributed by atoms with van der Waals surface area (Å²) in [6.07, 6.45) is 1.31. The molecule has 0 bridgehead atoms. The number of aromatic amines is 1. The van der Waals surface area contributed by atoms with E-state index in [1.807, 2.05) is 24.3 Å². The maximum Gasteiger partial charge on any atom is 0.408 e. The minimum absolute atomic E-state index is 0.225. The van der Waals surface area contributed by atoms with Gasteiger partial charge in [0.1, 0.15) is 17.7 Å². The number of hydrogen-bond donors (Lipinski definition) is 3. The molecule has 0 fully saturated rings. The number of benzene rings is 1. The zero-order chi connectivity index (χ0) is 20.9. The highest BCUT2D eigenvalue weighted by molar-refractivity contribution is 5.91. The van der Waals surface area contributed by atoms with E-state index in [0.717, 1.165) is 16.5 Å². The van der Waals surface area contributed by atoms with Crippen molar-refractivity contribution < 1.29 is 23.9 Å². The maximum atomic E-state index is 12.7. The van der Waals surface area contributed by atoms with E-state index in [1.54, 1.807) is 27.0 Å². The van der Waals surface area contributed by atoms with E-state index in [4.69, 9.17) is 4.74 Å². The quantitative estimate of drug-likeness (QED) is 0.657. The van der Waals surface area contributed by atoms with Crippen molar-refractivity contribution in [1.29, 1.82) is 0 Å². The van der Waals surface area contributed by atoms with Crippen molar-refractivity contribution in [3.8, 4) is 0 Å². The number of para-hydroxylation sites is 1. The molecule has 1 aromatic carbocycles. The Balaban J connectivity index is 2.21. The summed E-state index contributed by atoms with van der Waals surface area (Å²) in [6, 6.07) is 5.89. The Hall–Kier alpha value is -3.03. The largest absolute Gasteiger partial charge is 0.467 e. The summed E-state index contributed by atoms with van der Waals surface area (Å²) in [4.78, 5) is 39.7. The third-order valence-corrected chi connectivity index (χ3v) is 4.02. The Bertz CT molecular complexity index is 853. The first kappa shape index (κ1) is 21.3. The van der Waals surface area contributed by atoms with Crippen LogP contribution in [0, 0.1) is 0 Å². The Morgan fingerprint density at radius 1 is 1.14 bits per heavy atom. The van der Waals surface area contributed by atoms with E-state index >= 15 is 0 Å². The molecule has 2 aromatic rings. The first-order valence-corrected chi connectivity index (χ1v) is 9.03. The Morgan fingerprint density at radius 2 is 1.82 bits per heavy atom. The van der Waals surface area contributed by atoms with Crippen LogP contribution in [0.3, 0.4) is 0 Å². The number of hydrogen-bond acceptors (Lipinski definition) is 5. The molecule has 3 N–H and O–H groups in total.